The van der Waals surface area contributed by atoms with Gasteiger partial charge >= 0.3 is 5.97 Å². The van der Waals surface area contributed by atoms with Gasteiger partial charge in [-0.1, -0.05) is 24.3 Å². The lowest BCUT2D eigenvalue weighted by Crippen LogP contribution is -2.14. The van der Waals surface area contributed by atoms with Crippen LogP contribution in [-0.4, -0.2) is 13.1 Å². The van der Waals surface area contributed by atoms with E-state index >= 15 is 0 Å². The van der Waals surface area contributed by atoms with Crippen molar-refractivity contribution in [3.63, 3.8) is 0 Å². The van der Waals surface area contributed by atoms with E-state index in [9.17, 15) is 4.79 Å². The number of hydrogen-bond acceptors (Lipinski definition) is 3. The van der Waals surface area contributed by atoms with Gasteiger partial charge in [0, 0.05) is 18.8 Å². The smallest absolute Gasteiger partial charge is 0.337 e. The summed E-state index contributed by atoms with van der Waals surface area (Å²) in [6.07, 6.45) is 0. The van der Waals surface area contributed by atoms with Gasteiger partial charge in [-0.25, -0.2) is 4.79 Å². The number of anilines is 1. The summed E-state index contributed by atoms with van der Waals surface area (Å²) >= 11 is 0. The highest BCUT2D eigenvalue weighted by atomic mass is 16.5. The van der Waals surface area contributed by atoms with E-state index in [2.05, 4.69) is 29.2 Å². The molecule has 0 N–H and O–H groups in total. The van der Waals surface area contributed by atoms with E-state index in [1.807, 2.05) is 24.3 Å². The van der Waals surface area contributed by atoms with E-state index in [1.54, 1.807) is 0 Å². The molecule has 0 unspecified atom stereocenters. The highest BCUT2D eigenvalue weighted by Crippen LogP contribution is 2.28. The molecule has 3 rings (SSSR count). The number of methoxy groups -OCH3 is 1. The van der Waals surface area contributed by atoms with Crippen molar-refractivity contribution < 1.29 is 9.53 Å². The van der Waals surface area contributed by atoms with Crippen LogP contribution in [-0.2, 0) is 17.8 Å². The third kappa shape index (κ3) is 2.19. The number of esters is 1. The van der Waals surface area contributed by atoms with Crippen molar-refractivity contribution in [1.29, 1.82) is 0 Å². The third-order valence-electron chi connectivity index (χ3n) is 3.49. The van der Waals surface area contributed by atoms with Crippen LogP contribution < -0.4 is 4.90 Å². The lowest BCUT2D eigenvalue weighted by atomic mass is 10.1. The third-order valence-corrected chi connectivity index (χ3v) is 3.49. The standard InChI is InChI=1S/C16H15NO2/c1-19-16(18)12-6-8-15(9-7-12)17-10-13-4-2-3-5-14(13)11-17/h2-9H,10-11H2,1H3. The fourth-order valence-corrected chi connectivity index (χ4v) is 2.44. The molecule has 0 bridgehead atoms. The number of fused-ring (bicyclic) bond motifs is 1. The van der Waals surface area contributed by atoms with Crippen molar-refractivity contribution >= 4 is 11.7 Å². The Morgan fingerprint density at radius 1 is 1.00 bits per heavy atom. The van der Waals surface area contributed by atoms with Gasteiger partial charge in [0.25, 0.3) is 0 Å². The predicted octanol–water partition coefficient (Wildman–Crippen LogP) is 2.99. The van der Waals surface area contributed by atoms with Gasteiger partial charge in [0.2, 0.25) is 0 Å². The number of rotatable bonds is 2. The summed E-state index contributed by atoms with van der Waals surface area (Å²) in [4.78, 5) is 13.7. The van der Waals surface area contributed by atoms with Gasteiger partial charge in [0.05, 0.1) is 12.7 Å². The molecule has 3 heteroatoms. The van der Waals surface area contributed by atoms with Crippen LogP contribution in [0.4, 0.5) is 5.69 Å². The van der Waals surface area contributed by atoms with E-state index in [-0.39, 0.29) is 5.97 Å². The van der Waals surface area contributed by atoms with Gasteiger partial charge in [-0.2, -0.15) is 0 Å². The molecule has 0 fully saturated rings. The summed E-state index contributed by atoms with van der Waals surface area (Å²) in [6, 6.07) is 16.0. The first-order chi connectivity index (χ1) is 9.28. The largest absolute Gasteiger partial charge is 0.465 e. The summed E-state index contributed by atoms with van der Waals surface area (Å²) in [6.45, 7) is 1.85. The van der Waals surface area contributed by atoms with Crippen LogP contribution >= 0.6 is 0 Å². The van der Waals surface area contributed by atoms with E-state index in [0.717, 1.165) is 18.8 Å². The fraction of sp³-hybridized carbons (Fsp3) is 0.188. The first-order valence-electron chi connectivity index (χ1n) is 6.28. The number of benzene rings is 2. The first-order valence-corrected chi connectivity index (χ1v) is 6.28. The Kier molecular flexibility index (Phi) is 2.95. The van der Waals surface area contributed by atoms with E-state index in [0.29, 0.717) is 5.56 Å². The predicted molar refractivity (Wildman–Crippen MR) is 74.1 cm³/mol. The molecular formula is C16H15NO2. The minimum Gasteiger partial charge on any atom is -0.465 e. The second-order valence-corrected chi connectivity index (χ2v) is 4.66. The SMILES string of the molecule is COC(=O)c1ccc(N2Cc3ccccc3C2)cc1. The van der Waals surface area contributed by atoms with Gasteiger partial charge in [-0.3, -0.25) is 0 Å². The minimum absolute atomic E-state index is 0.295. The Morgan fingerprint density at radius 2 is 1.58 bits per heavy atom. The summed E-state index contributed by atoms with van der Waals surface area (Å²) in [5.74, 6) is -0.295. The molecule has 0 saturated heterocycles. The molecule has 96 valence electrons. The van der Waals surface area contributed by atoms with Crippen LogP contribution in [0.5, 0.6) is 0 Å². The zero-order valence-electron chi connectivity index (χ0n) is 10.8. The molecule has 0 atom stereocenters. The lowest BCUT2D eigenvalue weighted by Gasteiger charge is -2.17. The van der Waals surface area contributed by atoms with Crippen LogP contribution in [0.15, 0.2) is 48.5 Å². The van der Waals surface area contributed by atoms with Crippen molar-refractivity contribution in [2.45, 2.75) is 13.1 Å². The van der Waals surface area contributed by atoms with Gasteiger partial charge in [-0.05, 0) is 35.4 Å². The van der Waals surface area contributed by atoms with Crippen molar-refractivity contribution in [3.8, 4) is 0 Å². The van der Waals surface area contributed by atoms with Gasteiger partial charge in [-0.15, -0.1) is 0 Å². The van der Waals surface area contributed by atoms with Crippen LogP contribution in [0, 0.1) is 0 Å². The number of carbonyl (C=O) groups is 1. The molecule has 0 radical (unpaired) electrons. The molecule has 2 aromatic carbocycles. The quantitative estimate of drug-likeness (QED) is 0.771. The average Bonchev–Trinajstić information content (AvgIpc) is 2.90. The molecule has 19 heavy (non-hydrogen) atoms. The van der Waals surface area contributed by atoms with Gasteiger partial charge < -0.3 is 9.64 Å². The zero-order chi connectivity index (χ0) is 13.2. The second kappa shape index (κ2) is 4.76. The Balaban J connectivity index is 1.80. The molecule has 2 aromatic rings. The summed E-state index contributed by atoms with van der Waals surface area (Å²) in [5.41, 5.74) is 4.46. The molecule has 0 aromatic heterocycles. The van der Waals surface area contributed by atoms with Crippen LogP contribution in [0.2, 0.25) is 0 Å². The molecular weight excluding hydrogens is 238 g/mol. The number of ether oxygens (including phenoxy) is 1. The summed E-state index contributed by atoms with van der Waals surface area (Å²) in [5, 5.41) is 0. The number of hydrogen-bond donors (Lipinski definition) is 0. The molecule has 3 nitrogen and oxygen atoms in total. The van der Waals surface area contributed by atoms with Gasteiger partial charge in [0.15, 0.2) is 0 Å². The van der Waals surface area contributed by atoms with E-state index in [4.69, 9.17) is 4.74 Å². The monoisotopic (exact) mass is 253 g/mol. The molecule has 1 aliphatic heterocycles. The van der Waals surface area contributed by atoms with E-state index < -0.39 is 0 Å². The van der Waals surface area contributed by atoms with Crippen LogP contribution in [0.1, 0.15) is 21.5 Å². The highest BCUT2D eigenvalue weighted by molar-refractivity contribution is 5.89. The number of nitrogens with zero attached hydrogens (tertiary/aromatic N) is 1. The molecule has 1 aliphatic rings. The van der Waals surface area contributed by atoms with Crippen LogP contribution in [0.25, 0.3) is 0 Å². The van der Waals surface area contributed by atoms with Crippen molar-refractivity contribution in [1.82, 2.24) is 0 Å². The maximum Gasteiger partial charge on any atom is 0.337 e. The first kappa shape index (κ1) is 11.8. The normalized spacial score (nSPS) is 13.2. The Morgan fingerprint density at radius 3 is 2.11 bits per heavy atom. The van der Waals surface area contributed by atoms with E-state index in [1.165, 1.54) is 18.2 Å². The summed E-state index contributed by atoms with van der Waals surface area (Å²) in [7, 11) is 1.40. The molecule has 1 heterocycles. The average molecular weight is 253 g/mol. The molecule has 0 aliphatic carbocycles. The van der Waals surface area contributed by atoms with Crippen molar-refractivity contribution in [2.75, 3.05) is 12.0 Å². The van der Waals surface area contributed by atoms with Crippen molar-refractivity contribution in [2.24, 2.45) is 0 Å². The van der Waals surface area contributed by atoms with Crippen LogP contribution in [0.3, 0.4) is 0 Å². The second-order valence-electron chi connectivity index (χ2n) is 4.66. The highest BCUT2D eigenvalue weighted by Gasteiger charge is 2.18. The Hall–Kier alpha value is -2.29. The molecule has 0 spiro atoms. The fourth-order valence-electron chi connectivity index (χ4n) is 2.44. The topological polar surface area (TPSA) is 29.5 Å². The molecule has 0 saturated carbocycles. The Labute approximate surface area is 112 Å². The summed E-state index contributed by atoms with van der Waals surface area (Å²) < 4.78 is 4.70. The maximum absolute atomic E-state index is 11.4. The zero-order valence-corrected chi connectivity index (χ0v) is 10.8. The lowest BCUT2D eigenvalue weighted by molar-refractivity contribution is 0.0601. The van der Waals surface area contributed by atoms with Crippen molar-refractivity contribution in [3.05, 3.63) is 65.2 Å². The van der Waals surface area contributed by atoms with Gasteiger partial charge in [0.1, 0.15) is 0 Å². The Bertz CT molecular complexity index is 579. The minimum atomic E-state index is -0.295. The molecule has 0 amide bonds. The number of carbonyl (C=O) groups excluding carboxylic acids is 1. The maximum atomic E-state index is 11.4.